The number of rotatable bonds is 3. The highest BCUT2D eigenvalue weighted by molar-refractivity contribution is 5.24. The molecule has 0 fully saturated rings. The first-order valence-corrected chi connectivity index (χ1v) is 3.54. The third-order valence-corrected chi connectivity index (χ3v) is 1.39. The van der Waals surface area contributed by atoms with Gasteiger partial charge in [0.15, 0.2) is 0 Å². The molecule has 0 aliphatic rings. The Bertz CT molecular complexity index is 252. The highest BCUT2D eigenvalue weighted by Gasteiger charge is 1.99. The third-order valence-electron chi connectivity index (χ3n) is 1.39. The van der Waals surface area contributed by atoms with Crippen molar-refractivity contribution in [1.82, 2.24) is 5.16 Å². The van der Waals surface area contributed by atoms with Gasteiger partial charge in [-0.3, -0.25) is 0 Å². The SMILES string of the molecule is C=C(C)CCc1cc(N)on1. The lowest BCUT2D eigenvalue weighted by atomic mass is 10.1. The van der Waals surface area contributed by atoms with E-state index in [2.05, 4.69) is 11.7 Å². The summed E-state index contributed by atoms with van der Waals surface area (Å²) in [5.41, 5.74) is 7.37. The Kier molecular flexibility index (Phi) is 2.31. The Morgan fingerprint density at radius 2 is 2.55 bits per heavy atom. The van der Waals surface area contributed by atoms with Crippen molar-refractivity contribution in [2.24, 2.45) is 0 Å². The lowest BCUT2D eigenvalue weighted by Crippen LogP contribution is -1.84. The molecule has 0 radical (unpaired) electrons. The number of hydrogen-bond donors (Lipinski definition) is 1. The lowest BCUT2D eigenvalue weighted by Gasteiger charge is -1.92. The fraction of sp³-hybridized carbons (Fsp3) is 0.375. The summed E-state index contributed by atoms with van der Waals surface area (Å²) in [4.78, 5) is 0. The molecule has 0 saturated heterocycles. The molecule has 0 aromatic carbocycles. The van der Waals surface area contributed by atoms with E-state index < -0.39 is 0 Å². The van der Waals surface area contributed by atoms with Crippen LogP contribution in [0.2, 0.25) is 0 Å². The molecule has 1 aromatic rings. The highest BCUT2D eigenvalue weighted by atomic mass is 16.5. The maximum Gasteiger partial charge on any atom is 0.222 e. The Hall–Kier alpha value is -1.25. The summed E-state index contributed by atoms with van der Waals surface area (Å²) < 4.78 is 4.69. The van der Waals surface area contributed by atoms with Gasteiger partial charge in [0, 0.05) is 6.07 Å². The minimum absolute atomic E-state index is 0.377. The van der Waals surface area contributed by atoms with Crippen LogP contribution in [0.1, 0.15) is 19.0 Å². The van der Waals surface area contributed by atoms with Crippen molar-refractivity contribution >= 4 is 5.88 Å². The molecule has 0 unspecified atom stereocenters. The Morgan fingerprint density at radius 1 is 1.82 bits per heavy atom. The molecule has 3 nitrogen and oxygen atoms in total. The van der Waals surface area contributed by atoms with Gasteiger partial charge in [0.05, 0.1) is 5.69 Å². The van der Waals surface area contributed by atoms with Gasteiger partial charge in [-0.1, -0.05) is 10.7 Å². The second-order valence-corrected chi connectivity index (χ2v) is 2.68. The van der Waals surface area contributed by atoms with Crippen LogP contribution in [0.4, 0.5) is 5.88 Å². The van der Waals surface area contributed by atoms with Gasteiger partial charge < -0.3 is 10.3 Å². The largest absolute Gasteiger partial charge is 0.368 e. The van der Waals surface area contributed by atoms with E-state index in [1.54, 1.807) is 6.07 Å². The van der Waals surface area contributed by atoms with E-state index in [9.17, 15) is 0 Å². The average Bonchev–Trinajstić information content (AvgIpc) is 2.31. The highest BCUT2D eigenvalue weighted by Crippen LogP contribution is 2.09. The molecule has 0 saturated carbocycles. The van der Waals surface area contributed by atoms with Crippen LogP contribution in [0, 0.1) is 0 Å². The van der Waals surface area contributed by atoms with Crippen molar-refractivity contribution in [3.63, 3.8) is 0 Å². The quantitative estimate of drug-likeness (QED) is 0.671. The lowest BCUT2D eigenvalue weighted by molar-refractivity contribution is 0.427. The molecule has 0 spiro atoms. The zero-order valence-electron chi connectivity index (χ0n) is 6.63. The Balaban J connectivity index is 2.45. The minimum Gasteiger partial charge on any atom is -0.368 e. The molecule has 0 aliphatic carbocycles. The summed E-state index contributed by atoms with van der Waals surface area (Å²) in [5.74, 6) is 0.377. The second-order valence-electron chi connectivity index (χ2n) is 2.68. The maximum absolute atomic E-state index is 5.33. The summed E-state index contributed by atoms with van der Waals surface area (Å²) in [7, 11) is 0. The predicted octanol–water partition coefficient (Wildman–Crippen LogP) is 1.77. The number of nitrogen functional groups attached to an aromatic ring is 1. The summed E-state index contributed by atoms with van der Waals surface area (Å²) in [6.45, 7) is 5.78. The van der Waals surface area contributed by atoms with E-state index in [-0.39, 0.29) is 0 Å². The number of hydrogen-bond acceptors (Lipinski definition) is 3. The summed E-state index contributed by atoms with van der Waals surface area (Å²) >= 11 is 0. The van der Waals surface area contributed by atoms with E-state index in [4.69, 9.17) is 10.3 Å². The van der Waals surface area contributed by atoms with Crippen molar-refractivity contribution in [3.05, 3.63) is 23.9 Å². The number of allylic oxidation sites excluding steroid dienone is 1. The summed E-state index contributed by atoms with van der Waals surface area (Å²) in [6, 6.07) is 1.74. The van der Waals surface area contributed by atoms with Crippen molar-refractivity contribution in [2.45, 2.75) is 19.8 Å². The van der Waals surface area contributed by atoms with Gasteiger partial charge in [0.25, 0.3) is 0 Å². The van der Waals surface area contributed by atoms with Gasteiger partial charge in [-0.15, -0.1) is 6.58 Å². The van der Waals surface area contributed by atoms with Gasteiger partial charge in [-0.05, 0) is 19.8 Å². The molecule has 0 atom stereocenters. The standard InChI is InChI=1S/C8H12N2O/c1-6(2)3-4-7-5-8(9)11-10-7/h5H,1,3-4,9H2,2H3. The van der Waals surface area contributed by atoms with Crippen LogP contribution in [0.25, 0.3) is 0 Å². The van der Waals surface area contributed by atoms with Crippen molar-refractivity contribution in [2.75, 3.05) is 5.73 Å². The predicted molar refractivity (Wildman–Crippen MR) is 44.1 cm³/mol. The fourth-order valence-electron chi connectivity index (χ4n) is 0.788. The molecule has 11 heavy (non-hydrogen) atoms. The maximum atomic E-state index is 5.33. The van der Waals surface area contributed by atoms with Crippen LogP contribution in [-0.4, -0.2) is 5.16 Å². The molecule has 2 N–H and O–H groups in total. The molecular weight excluding hydrogens is 140 g/mol. The van der Waals surface area contributed by atoms with Gasteiger partial charge in [0.1, 0.15) is 0 Å². The first-order valence-electron chi connectivity index (χ1n) is 3.54. The van der Waals surface area contributed by atoms with E-state index >= 15 is 0 Å². The van der Waals surface area contributed by atoms with E-state index in [0.717, 1.165) is 24.1 Å². The molecular formula is C8H12N2O. The number of nitrogens with zero attached hydrogens (tertiary/aromatic N) is 1. The smallest absolute Gasteiger partial charge is 0.222 e. The molecule has 1 rings (SSSR count). The van der Waals surface area contributed by atoms with Crippen molar-refractivity contribution in [3.8, 4) is 0 Å². The zero-order valence-corrected chi connectivity index (χ0v) is 6.63. The number of nitrogens with two attached hydrogens (primary N) is 1. The molecule has 1 aromatic heterocycles. The molecule has 0 aliphatic heterocycles. The summed E-state index contributed by atoms with van der Waals surface area (Å²) in [5, 5.41) is 3.75. The molecule has 0 bridgehead atoms. The van der Waals surface area contributed by atoms with Gasteiger partial charge in [-0.2, -0.15) is 0 Å². The molecule has 1 heterocycles. The van der Waals surface area contributed by atoms with Gasteiger partial charge >= 0.3 is 0 Å². The van der Waals surface area contributed by atoms with Crippen molar-refractivity contribution < 1.29 is 4.52 Å². The zero-order chi connectivity index (χ0) is 8.27. The van der Waals surface area contributed by atoms with Crippen molar-refractivity contribution in [1.29, 1.82) is 0 Å². The third kappa shape index (κ3) is 2.45. The molecule has 60 valence electrons. The Labute approximate surface area is 65.9 Å². The van der Waals surface area contributed by atoms with Gasteiger partial charge in [-0.25, -0.2) is 0 Å². The average molecular weight is 152 g/mol. The van der Waals surface area contributed by atoms with Crippen LogP contribution in [0.15, 0.2) is 22.7 Å². The number of anilines is 1. The topological polar surface area (TPSA) is 52.0 Å². The van der Waals surface area contributed by atoms with Crippen LogP contribution in [-0.2, 0) is 6.42 Å². The number of aromatic nitrogens is 1. The number of aryl methyl sites for hydroxylation is 1. The minimum atomic E-state index is 0.377. The van der Waals surface area contributed by atoms with Crippen LogP contribution < -0.4 is 5.73 Å². The first-order chi connectivity index (χ1) is 5.18. The Morgan fingerprint density at radius 3 is 3.00 bits per heavy atom. The first kappa shape index (κ1) is 7.85. The van der Waals surface area contributed by atoms with E-state index in [1.165, 1.54) is 0 Å². The fourth-order valence-corrected chi connectivity index (χ4v) is 0.788. The normalized spacial score (nSPS) is 9.91. The second kappa shape index (κ2) is 3.23. The van der Waals surface area contributed by atoms with Gasteiger partial charge in [0.2, 0.25) is 5.88 Å². The monoisotopic (exact) mass is 152 g/mol. The van der Waals surface area contributed by atoms with Crippen LogP contribution in [0.3, 0.4) is 0 Å². The van der Waals surface area contributed by atoms with Crippen LogP contribution >= 0.6 is 0 Å². The van der Waals surface area contributed by atoms with E-state index in [0.29, 0.717) is 5.88 Å². The van der Waals surface area contributed by atoms with Crippen LogP contribution in [0.5, 0.6) is 0 Å². The molecule has 0 amide bonds. The van der Waals surface area contributed by atoms with E-state index in [1.807, 2.05) is 6.92 Å². The summed E-state index contributed by atoms with van der Waals surface area (Å²) in [6.07, 6.45) is 1.79. The molecule has 3 heteroatoms.